The number of carbonyl (C=O) groups is 1. The van der Waals surface area contributed by atoms with E-state index in [0.717, 1.165) is 27.8 Å². The summed E-state index contributed by atoms with van der Waals surface area (Å²) in [4.78, 5) is 11.7. The Balaban J connectivity index is 1.72. The quantitative estimate of drug-likeness (QED) is 0.766. The Labute approximate surface area is 139 Å². The first kappa shape index (κ1) is 16.4. The van der Waals surface area contributed by atoms with Crippen LogP contribution in [0.4, 0.5) is 4.79 Å². The summed E-state index contributed by atoms with van der Waals surface area (Å²) in [5.41, 5.74) is 2.16. The minimum Gasteiger partial charge on any atom is -0.473 e. The lowest BCUT2D eigenvalue weighted by Gasteiger charge is -2.12. The predicted octanol–water partition coefficient (Wildman–Crippen LogP) is 3.85. The number of carbonyl (C=O) groups excluding carboxylic acids is 1. The van der Waals surface area contributed by atoms with Crippen molar-refractivity contribution in [3.8, 4) is 5.75 Å². The van der Waals surface area contributed by atoms with Crippen LogP contribution < -0.4 is 15.4 Å². The van der Waals surface area contributed by atoms with Crippen molar-refractivity contribution >= 4 is 22.0 Å². The molecule has 0 radical (unpaired) electrons. The predicted molar refractivity (Wildman–Crippen MR) is 90.8 cm³/mol. The van der Waals surface area contributed by atoms with E-state index in [1.54, 1.807) is 0 Å². The zero-order valence-corrected chi connectivity index (χ0v) is 14.0. The lowest BCUT2D eigenvalue weighted by atomic mass is 10.1. The molecule has 0 aromatic heterocycles. The van der Waals surface area contributed by atoms with Gasteiger partial charge in [0.05, 0.1) is 0 Å². The highest BCUT2D eigenvalue weighted by Gasteiger charge is 2.03. The van der Waals surface area contributed by atoms with Crippen LogP contribution in [0.1, 0.15) is 18.1 Å². The van der Waals surface area contributed by atoms with Crippen LogP contribution >= 0.6 is 15.9 Å². The molecule has 0 spiro atoms. The summed E-state index contributed by atoms with van der Waals surface area (Å²) in [6, 6.07) is 15.4. The van der Waals surface area contributed by atoms with Gasteiger partial charge in [0.2, 0.25) is 0 Å². The molecule has 0 fully saturated rings. The number of benzene rings is 2. The van der Waals surface area contributed by atoms with Crippen molar-refractivity contribution in [2.45, 2.75) is 19.9 Å². The van der Waals surface area contributed by atoms with Crippen LogP contribution in [-0.4, -0.2) is 12.8 Å². The maximum absolute atomic E-state index is 11.7. The van der Waals surface area contributed by atoms with Gasteiger partial charge >= 0.3 is 6.03 Å². The Hall–Kier alpha value is -2.01. The van der Waals surface area contributed by atoms with Crippen LogP contribution in [0.3, 0.4) is 0 Å². The Morgan fingerprint density at radius 1 is 1.09 bits per heavy atom. The summed E-state index contributed by atoms with van der Waals surface area (Å²) >= 11 is 3.38. The lowest BCUT2D eigenvalue weighted by molar-refractivity contribution is 0.223. The van der Waals surface area contributed by atoms with Gasteiger partial charge in [-0.25, -0.2) is 4.79 Å². The van der Waals surface area contributed by atoms with Crippen LogP contribution in [0.2, 0.25) is 0 Å². The molecule has 0 bridgehead atoms. The molecule has 2 amide bonds. The number of aryl methyl sites for hydroxylation is 1. The molecule has 2 aromatic rings. The average Bonchev–Trinajstić information content (AvgIpc) is 2.55. The van der Waals surface area contributed by atoms with Gasteiger partial charge in [0, 0.05) is 11.0 Å². The number of amides is 2. The van der Waals surface area contributed by atoms with E-state index < -0.39 is 0 Å². The molecule has 0 saturated carbocycles. The molecule has 0 atom stereocenters. The molecule has 2 N–H and O–H groups in total. The fourth-order valence-electron chi connectivity index (χ4n) is 1.96. The van der Waals surface area contributed by atoms with E-state index >= 15 is 0 Å². The summed E-state index contributed by atoms with van der Waals surface area (Å²) in [7, 11) is 0. The molecule has 0 aliphatic heterocycles. The molecule has 0 saturated heterocycles. The van der Waals surface area contributed by atoms with Gasteiger partial charge in [-0.05, 0) is 35.7 Å². The number of rotatable bonds is 6. The third-order valence-corrected chi connectivity index (χ3v) is 3.71. The summed E-state index contributed by atoms with van der Waals surface area (Å²) in [6.45, 7) is 2.69. The molecule has 2 rings (SSSR count). The molecular weight excluding hydrogens is 344 g/mol. The van der Waals surface area contributed by atoms with Gasteiger partial charge in [0.15, 0.2) is 6.73 Å². The average molecular weight is 363 g/mol. The first-order chi connectivity index (χ1) is 10.7. The fourth-order valence-corrected chi connectivity index (χ4v) is 2.23. The van der Waals surface area contributed by atoms with Crippen LogP contribution in [0.15, 0.2) is 53.0 Å². The maximum Gasteiger partial charge on any atom is 0.317 e. The second-order valence-corrected chi connectivity index (χ2v) is 5.65. The highest BCUT2D eigenvalue weighted by atomic mass is 79.9. The SMILES string of the molecule is CCc1ccccc1OCNC(=O)NCc1ccc(Br)cc1. The second-order valence-electron chi connectivity index (χ2n) is 4.74. The monoisotopic (exact) mass is 362 g/mol. The van der Waals surface area contributed by atoms with Crippen molar-refractivity contribution in [3.63, 3.8) is 0 Å². The maximum atomic E-state index is 11.7. The number of ether oxygens (including phenoxy) is 1. The molecule has 22 heavy (non-hydrogen) atoms. The van der Waals surface area contributed by atoms with E-state index in [1.807, 2.05) is 48.5 Å². The number of nitrogens with one attached hydrogen (secondary N) is 2. The van der Waals surface area contributed by atoms with E-state index in [4.69, 9.17) is 4.74 Å². The first-order valence-corrected chi connectivity index (χ1v) is 7.95. The van der Waals surface area contributed by atoms with Gasteiger partial charge in [-0.3, -0.25) is 0 Å². The summed E-state index contributed by atoms with van der Waals surface area (Å²) in [6.07, 6.45) is 0.895. The fraction of sp³-hybridized carbons (Fsp3) is 0.235. The molecule has 0 unspecified atom stereocenters. The van der Waals surface area contributed by atoms with Gasteiger partial charge in [0.25, 0.3) is 0 Å². The molecule has 0 aliphatic rings. The first-order valence-electron chi connectivity index (χ1n) is 7.16. The third kappa shape index (κ3) is 5.07. The second kappa shape index (κ2) is 8.44. The van der Waals surface area contributed by atoms with Gasteiger partial charge in [-0.2, -0.15) is 0 Å². The summed E-state index contributed by atoms with van der Waals surface area (Å²) in [5, 5.41) is 5.47. The smallest absolute Gasteiger partial charge is 0.317 e. The molecule has 2 aromatic carbocycles. The van der Waals surface area contributed by atoms with Crippen LogP contribution in [-0.2, 0) is 13.0 Å². The van der Waals surface area contributed by atoms with Crippen LogP contribution in [0.25, 0.3) is 0 Å². The Morgan fingerprint density at radius 3 is 2.55 bits per heavy atom. The van der Waals surface area contributed by atoms with E-state index in [9.17, 15) is 4.79 Å². The van der Waals surface area contributed by atoms with Crippen molar-refractivity contribution in [2.75, 3.05) is 6.73 Å². The van der Waals surface area contributed by atoms with Crippen molar-refractivity contribution in [1.82, 2.24) is 10.6 Å². The van der Waals surface area contributed by atoms with Crippen LogP contribution in [0, 0.1) is 0 Å². The topological polar surface area (TPSA) is 50.4 Å². The van der Waals surface area contributed by atoms with E-state index in [0.29, 0.717) is 6.54 Å². The minimum absolute atomic E-state index is 0.142. The van der Waals surface area contributed by atoms with Gasteiger partial charge < -0.3 is 15.4 Å². The number of hydrogen-bond acceptors (Lipinski definition) is 2. The standard InChI is InChI=1S/C17H19BrN2O2/c1-2-14-5-3-4-6-16(14)22-12-20-17(21)19-11-13-7-9-15(18)10-8-13/h3-10H,2,11-12H2,1H3,(H2,19,20,21). The summed E-state index contributed by atoms with van der Waals surface area (Å²) < 4.78 is 6.61. The Kier molecular flexibility index (Phi) is 6.27. The normalized spacial score (nSPS) is 10.1. The minimum atomic E-state index is -0.253. The lowest BCUT2D eigenvalue weighted by Crippen LogP contribution is -2.37. The molecule has 0 heterocycles. The number of para-hydroxylation sites is 1. The van der Waals surface area contributed by atoms with E-state index in [-0.39, 0.29) is 12.8 Å². The van der Waals surface area contributed by atoms with E-state index in [1.165, 1.54) is 0 Å². The Bertz CT molecular complexity index is 614. The Morgan fingerprint density at radius 2 is 1.82 bits per heavy atom. The summed E-state index contributed by atoms with van der Waals surface area (Å²) in [5.74, 6) is 0.804. The van der Waals surface area contributed by atoms with Crippen molar-refractivity contribution in [2.24, 2.45) is 0 Å². The zero-order chi connectivity index (χ0) is 15.8. The molecule has 5 heteroatoms. The third-order valence-electron chi connectivity index (χ3n) is 3.18. The number of urea groups is 1. The van der Waals surface area contributed by atoms with Gasteiger partial charge in [-0.1, -0.05) is 53.2 Å². The van der Waals surface area contributed by atoms with Gasteiger partial charge in [0.1, 0.15) is 5.75 Å². The highest BCUT2D eigenvalue weighted by molar-refractivity contribution is 9.10. The number of hydrogen-bond donors (Lipinski definition) is 2. The molecule has 4 nitrogen and oxygen atoms in total. The molecule has 116 valence electrons. The molecular formula is C17H19BrN2O2. The largest absolute Gasteiger partial charge is 0.473 e. The van der Waals surface area contributed by atoms with Crippen molar-refractivity contribution in [1.29, 1.82) is 0 Å². The highest BCUT2D eigenvalue weighted by Crippen LogP contribution is 2.17. The van der Waals surface area contributed by atoms with Crippen molar-refractivity contribution < 1.29 is 9.53 Å². The van der Waals surface area contributed by atoms with E-state index in [2.05, 4.69) is 33.5 Å². The van der Waals surface area contributed by atoms with Crippen LogP contribution in [0.5, 0.6) is 5.75 Å². The van der Waals surface area contributed by atoms with Crippen molar-refractivity contribution in [3.05, 3.63) is 64.1 Å². The number of halogens is 1. The molecule has 0 aliphatic carbocycles. The van der Waals surface area contributed by atoms with Gasteiger partial charge in [-0.15, -0.1) is 0 Å². The zero-order valence-electron chi connectivity index (χ0n) is 12.4.